The molecule has 2 rings (SSSR count). The van der Waals surface area contributed by atoms with Crippen LogP contribution in [0.1, 0.15) is 12.0 Å². The summed E-state index contributed by atoms with van der Waals surface area (Å²) in [7, 11) is 0. The van der Waals surface area contributed by atoms with Crippen molar-refractivity contribution in [1.82, 2.24) is 14.8 Å². The van der Waals surface area contributed by atoms with Crippen LogP contribution in [0, 0.1) is 0 Å². The van der Waals surface area contributed by atoms with Crippen LogP contribution in [0.2, 0.25) is 5.02 Å². The van der Waals surface area contributed by atoms with Crippen LogP contribution < -0.4 is 0 Å². The summed E-state index contributed by atoms with van der Waals surface area (Å²) in [5.41, 5.74) is 1.83. The van der Waals surface area contributed by atoms with Crippen LogP contribution >= 0.6 is 11.6 Å². The predicted molar refractivity (Wildman–Crippen MR) is 60.8 cm³/mol. The molecule has 0 aliphatic rings. The highest BCUT2D eigenvalue weighted by molar-refractivity contribution is 6.32. The molecule has 0 amide bonds. The number of nitrogens with zero attached hydrogens (tertiary/aromatic N) is 3. The Morgan fingerprint density at radius 3 is 2.94 bits per heavy atom. The van der Waals surface area contributed by atoms with Gasteiger partial charge in [0.25, 0.3) is 0 Å². The summed E-state index contributed by atoms with van der Waals surface area (Å²) in [6.07, 6.45) is 5.17. The van der Waals surface area contributed by atoms with Gasteiger partial charge in [-0.15, -0.1) is 0 Å². The number of hydrogen-bond donors (Lipinski definition) is 0. The quantitative estimate of drug-likeness (QED) is 0.762. The third-order valence-corrected chi connectivity index (χ3v) is 2.53. The molecule has 0 unspecified atom stereocenters. The summed E-state index contributed by atoms with van der Waals surface area (Å²) in [4.78, 5) is 14.1. The zero-order valence-electron chi connectivity index (χ0n) is 8.51. The van der Waals surface area contributed by atoms with Gasteiger partial charge >= 0.3 is 0 Å². The first-order valence-corrected chi connectivity index (χ1v) is 5.26. The minimum absolute atomic E-state index is 0.513. The molecule has 1 aromatic carbocycles. The van der Waals surface area contributed by atoms with E-state index >= 15 is 0 Å². The van der Waals surface area contributed by atoms with E-state index in [4.69, 9.17) is 11.6 Å². The SMILES string of the molecule is O=CCCc1ccc(-n2cncn2)c(Cl)c1. The van der Waals surface area contributed by atoms with E-state index in [1.807, 2.05) is 18.2 Å². The van der Waals surface area contributed by atoms with Crippen LogP contribution in [0.3, 0.4) is 0 Å². The summed E-state index contributed by atoms with van der Waals surface area (Å²) < 4.78 is 1.60. The van der Waals surface area contributed by atoms with Gasteiger partial charge in [-0.1, -0.05) is 17.7 Å². The summed E-state index contributed by atoms with van der Waals surface area (Å²) in [5, 5.41) is 4.61. The maximum Gasteiger partial charge on any atom is 0.138 e. The van der Waals surface area contributed by atoms with Gasteiger partial charge in [0.2, 0.25) is 0 Å². The third kappa shape index (κ3) is 2.28. The van der Waals surface area contributed by atoms with Crippen LogP contribution in [0.15, 0.2) is 30.9 Å². The highest BCUT2D eigenvalue weighted by Gasteiger charge is 2.04. The van der Waals surface area contributed by atoms with Crippen LogP contribution in [-0.2, 0) is 11.2 Å². The van der Waals surface area contributed by atoms with Gasteiger partial charge in [-0.05, 0) is 24.1 Å². The lowest BCUT2D eigenvalue weighted by Gasteiger charge is -2.05. The van der Waals surface area contributed by atoms with Crippen LogP contribution in [0.25, 0.3) is 5.69 Å². The Balaban J connectivity index is 2.26. The molecule has 0 saturated heterocycles. The van der Waals surface area contributed by atoms with Crippen LogP contribution in [-0.4, -0.2) is 21.1 Å². The molecule has 1 heterocycles. The fraction of sp³-hybridized carbons (Fsp3) is 0.182. The molecule has 0 radical (unpaired) electrons. The topological polar surface area (TPSA) is 47.8 Å². The van der Waals surface area contributed by atoms with E-state index in [0.29, 0.717) is 17.9 Å². The lowest BCUT2D eigenvalue weighted by atomic mass is 10.1. The number of carbonyl (C=O) groups is 1. The monoisotopic (exact) mass is 235 g/mol. The Bertz CT molecular complexity index is 482. The van der Waals surface area contributed by atoms with Crippen molar-refractivity contribution < 1.29 is 4.79 Å². The molecule has 82 valence electrons. The maximum absolute atomic E-state index is 10.3. The van der Waals surface area contributed by atoms with Crippen molar-refractivity contribution in [3.8, 4) is 5.69 Å². The molecule has 0 bridgehead atoms. The highest BCUT2D eigenvalue weighted by atomic mass is 35.5. The molecule has 5 heteroatoms. The Morgan fingerprint density at radius 1 is 1.44 bits per heavy atom. The first kappa shape index (κ1) is 10.8. The van der Waals surface area contributed by atoms with Crippen LogP contribution in [0.5, 0.6) is 0 Å². The summed E-state index contributed by atoms with van der Waals surface area (Å²) in [6, 6.07) is 5.66. The minimum atomic E-state index is 0.513. The summed E-state index contributed by atoms with van der Waals surface area (Å²) in [6.45, 7) is 0. The standard InChI is InChI=1S/C11H10ClN3O/c12-10-6-9(2-1-5-16)3-4-11(10)15-8-13-7-14-15/h3-8H,1-2H2. The maximum atomic E-state index is 10.3. The van der Waals surface area contributed by atoms with Gasteiger partial charge < -0.3 is 4.79 Å². The molecule has 0 fully saturated rings. The first-order valence-electron chi connectivity index (χ1n) is 4.88. The number of hydrogen-bond acceptors (Lipinski definition) is 3. The second-order valence-electron chi connectivity index (χ2n) is 3.33. The number of aryl methyl sites for hydroxylation is 1. The Morgan fingerprint density at radius 2 is 2.31 bits per heavy atom. The van der Waals surface area contributed by atoms with Crippen molar-refractivity contribution in [3.05, 3.63) is 41.4 Å². The van der Waals surface area contributed by atoms with E-state index in [9.17, 15) is 4.79 Å². The molecular weight excluding hydrogens is 226 g/mol. The molecule has 0 saturated carbocycles. The zero-order valence-corrected chi connectivity index (χ0v) is 9.26. The van der Waals surface area contributed by atoms with Gasteiger partial charge in [0.05, 0.1) is 10.7 Å². The number of rotatable bonds is 4. The van der Waals surface area contributed by atoms with Gasteiger partial charge in [-0.3, -0.25) is 0 Å². The Hall–Kier alpha value is -1.68. The molecule has 2 aromatic rings. The van der Waals surface area contributed by atoms with Crippen molar-refractivity contribution in [2.24, 2.45) is 0 Å². The summed E-state index contributed by atoms with van der Waals surface area (Å²) >= 11 is 6.12. The lowest BCUT2D eigenvalue weighted by Crippen LogP contribution is -1.96. The van der Waals surface area contributed by atoms with E-state index < -0.39 is 0 Å². The fourth-order valence-electron chi connectivity index (χ4n) is 1.45. The van der Waals surface area contributed by atoms with Gasteiger partial charge in [0.1, 0.15) is 18.9 Å². The van der Waals surface area contributed by atoms with Crippen LogP contribution in [0.4, 0.5) is 0 Å². The third-order valence-electron chi connectivity index (χ3n) is 2.23. The fourth-order valence-corrected chi connectivity index (χ4v) is 1.74. The smallest absolute Gasteiger partial charge is 0.138 e. The van der Waals surface area contributed by atoms with Crippen molar-refractivity contribution >= 4 is 17.9 Å². The van der Waals surface area contributed by atoms with E-state index in [-0.39, 0.29) is 0 Å². The van der Waals surface area contributed by atoms with Gasteiger partial charge in [-0.25, -0.2) is 9.67 Å². The zero-order chi connectivity index (χ0) is 11.4. The number of benzene rings is 1. The molecule has 0 aliphatic heterocycles. The summed E-state index contributed by atoms with van der Waals surface area (Å²) in [5.74, 6) is 0. The van der Waals surface area contributed by atoms with E-state index in [0.717, 1.165) is 17.5 Å². The average Bonchev–Trinajstić information content (AvgIpc) is 2.80. The molecule has 1 aromatic heterocycles. The van der Waals surface area contributed by atoms with Crippen molar-refractivity contribution in [2.75, 3.05) is 0 Å². The Kier molecular flexibility index (Phi) is 3.31. The van der Waals surface area contributed by atoms with E-state index in [2.05, 4.69) is 10.1 Å². The van der Waals surface area contributed by atoms with E-state index in [1.54, 1.807) is 11.0 Å². The molecule has 16 heavy (non-hydrogen) atoms. The normalized spacial score (nSPS) is 10.3. The molecule has 0 spiro atoms. The van der Waals surface area contributed by atoms with Gasteiger partial charge in [0, 0.05) is 6.42 Å². The van der Waals surface area contributed by atoms with Crippen molar-refractivity contribution in [1.29, 1.82) is 0 Å². The number of aromatic nitrogens is 3. The second kappa shape index (κ2) is 4.90. The number of aldehydes is 1. The molecule has 0 atom stereocenters. The lowest BCUT2D eigenvalue weighted by molar-refractivity contribution is -0.107. The predicted octanol–water partition coefficient (Wildman–Crippen LogP) is 2.05. The van der Waals surface area contributed by atoms with Gasteiger partial charge in [0.15, 0.2) is 0 Å². The van der Waals surface area contributed by atoms with Crippen molar-refractivity contribution in [2.45, 2.75) is 12.8 Å². The molecule has 0 N–H and O–H groups in total. The Labute approximate surface area is 97.9 Å². The number of halogens is 1. The highest BCUT2D eigenvalue weighted by Crippen LogP contribution is 2.21. The molecular formula is C11H10ClN3O. The van der Waals surface area contributed by atoms with Gasteiger partial charge in [-0.2, -0.15) is 5.10 Å². The van der Waals surface area contributed by atoms with E-state index in [1.165, 1.54) is 6.33 Å². The van der Waals surface area contributed by atoms with Crippen molar-refractivity contribution in [3.63, 3.8) is 0 Å². The second-order valence-corrected chi connectivity index (χ2v) is 3.74. The first-order chi connectivity index (χ1) is 7.81. The number of carbonyl (C=O) groups excluding carboxylic acids is 1. The molecule has 0 aliphatic carbocycles. The molecule has 4 nitrogen and oxygen atoms in total. The minimum Gasteiger partial charge on any atom is -0.303 e. The average molecular weight is 236 g/mol. The largest absolute Gasteiger partial charge is 0.303 e.